The summed E-state index contributed by atoms with van der Waals surface area (Å²) in [6, 6.07) is 6.21. The van der Waals surface area contributed by atoms with Gasteiger partial charge in [-0.2, -0.15) is 0 Å². The molecular weight excluding hydrogens is 278 g/mol. The molecule has 0 atom stereocenters. The minimum atomic E-state index is -0.886. The Labute approximate surface area is 132 Å². The van der Waals surface area contributed by atoms with Gasteiger partial charge in [-0.05, 0) is 43.9 Å². The molecule has 1 aliphatic rings. The summed E-state index contributed by atoms with van der Waals surface area (Å²) in [7, 11) is 3.81. The highest BCUT2D eigenvalue weighted by Crippen LogP contribution is 2.26. The van der Waals surface area contributed by atoms with Gasteiger partial charge in [0.15, 0.2) is 0 Å². The summed E-state index contributed by atoms with van der Waals surface area (Å²) in [6.45, 7) is 5.29. The average Bonchev–Trinajstić information content (AvgIpc) is 2.43. The fourth-order valence-electron chi connectivity index (χ4n) is 2.91. The normalized spacial score (nSPS) is 14.5. The van der Waals surface area contributed by atoms with E-state index in [0.29, 0.717) is 13.1 Å². The van der Waals surface area contributed by atoms with Gasteiger partial charge in [-0.3, -0.25) is 0 Å². The third-order valence-electron chi connectivity index (χ3n) is 3.91. The SMILES string of the molecule is CN(CC(C)(C)O)C(=O)NCc1ccc2c(c1)CCCN2C. The van der Waals surface area contributed by atoms with Gasteiger partial charge in [0, 0.05) is 32.9 Å². The summed E-state index contributed by atoms with van der Waals surface area (Å²) in [6.07, 6.45) is 2.27. The quantitative estimate of drug-likeness (QED) is 0.894. The zero-order valence-corrected chi connectivity index (χ0v) is 14.0. The average molecular weight is 305 g/mol. The number of rotatable bonds is 4. The molecule has 0 radical (unpaired) electrons. The minimum absolute atomic E-state index is 0.169. The minimum Gasteiger partial charge on any atom is -0.389 e. The molecule has 1 aromatic rings. The number of benzene rings is 1. The van der Waals surface area contributed by atoms with Crippen LogP contribution in [0.25, 0.3) is 0 Å². The largest absolute Gasteiger partial charge is 0.389 e. The van der Waals surface area contributed by atoms with E-state index in [4.69, 9.17) is 0 Å². The molecule has 0 saturated carbocycles. The predicted octanol–water partition coefficient (Wildman–Crippen LogP) is 1.98. The molecule has 122 valence electrons. The van der Waals surface area contributed by atoms with Crippen LogP contribution in [-0.4, -0.2) is 48.8 Å². The molecule has 5 heteroatoms. The third kappa shape index (κ3) is 4.37. The van der Waals surface area contributed by atoms with Crippen LogP contribution in [0.15, 0.2) is 18.2 Å². The second kappa shape index (κ2) is 6.57. The van der Waals surface area contributed by atoms with E-state index in [1.54, 1.807) is 20.9 Å². The first kappa shape index (κ1) is 16.6. The van der Waals surface area contributed by atoms with E-state index in [-0.39, 0.29) is 6.03 Å². The molecule has 1 heterocycles. The zero-order valence-electron chi connectivity index (χ0n) is 14.0. The van der Waals surface area contributed by atoms with E-state index in [2.05, 4.69) is 35.5 Å². The van der Waals surface area contributed by atoms with Gasteiger partial charge in [-0.1, -0.05) is 12.1 Å². The molecule has 0 aliphatic carbocycles. The van der Waals surface area contributed by atoms with Crippen LogP contribution >= 0.6 is 0 Å². The van der Waals surface area contributed by atoms with Gasteiger partial charge in [0.25, 0.3) is 0 Å². The number of urea groups is 1. The molecule has 0 bridgehead atoms. The van der Waals surface area contributed by atoms with Crippen LogP contribution in [0.1, 0.15) is 31.4 Å². The van der Waals surface area contributed by atoms with Crippen molar-refractivity contribution >= 4 is 11.7 Å². The lowest BCUT2D eigenvalue weighted by Crippen LogP contribution is -2.44. The van der Waals surface area contributed by atoms with Gasteiger partial charge in [0.2, 0.25) is 0 Å². The lowest BCUT2D eigenvalue weighted by molar-refractivity contribution is 0.0531. The van der Waals surface area contributed by atoms with Crippen molar-refractivity contribution in [3.63, 3.8) is 0 Å². The first-order valence-electron chi connectivity index (χ1n) is 7.80. The van der Waals surface area contributed by atoms with Crippen molar-refractivity contribution in [1.82, 2.24) is 10.2 Å². The predicted molar refractivity (Wildman–Crippen MR) is 89.2 cm³/mol. The fourth-order valence-corrected chi connectivity index (χ4v) is 2.91. The van der Waals surface area contributed by atoms with Gasteiger partial charge in [-0.25, -0.2) is 4.79 Å². The van der Waals surface area contributed by atoms with Gasteiger partial charge in [0.05, 0.1) is 12.1 Å². The molecule has 2 amide bonds. The number of amides is 2. The van der Waals surface area contributed by atoms with Crippen molar-refractivity contribution in [3.05, 3.63) is 29.3 Å². The van der Waals surface area contributed by atoms with Crippen molar-refractivity contribution in [2.75, 3.05) is 32.1 Å². The van der Waals surface area contributed by atoms with Crippen molar-refractivity contribution in [3.8, 4) is 0 Å². The number of aliphatic hydroxyl groups is 1. The standard InChI is InChI=1S/C17H27N3O2/c1-17(2,22)12-20(4)16(21)18-11-13-7-8-15-14(10-13)6-5-9-19(15)3/h7-8,10,22H,5-6,9,11-12H2,1-4H3,(H,18,21). The third-order valence-corrected chi connectivity index (χ3v) is 3.91. The molecule has 0 unspecified atom stereocenters. The van der Waals surface area contributed by atoms with Crippen LogP contribution in [0.4, 0.5) is 10.5 Å². The Hall–Kier alpha value is -1.75. The van der Waals surface area contributed by atoms with Crippen LogP contribution < -0.4 is 10.2 Å². The summed E-state index contributed by atoms with van der Waals surface area (Å²) in [5.74, 6) is 0. The van der Waals surface area contributed by atoms with Crippen LogP contribution in [0, 0.1) is 0 Å². The fraction of sp³-hybridized carbons (Fsp3) is 0.588. The number of anilines is 1. The summed E-state index contributed by atoms with van der Waals surface area (Å²) in [5.41, 5.74) is 2.87. The number of carbonyl (C=O) groups is 1. The molecule has 0 aromatic heterocycles. The number of nitrogens with zero attached hydrogens (tertiary/aromatic N) is 2. The summed E-state index contributed by atoms with van der Waals surface area (Å²) >= 11 is 0. The van der Waals surface area contributed by atoms with E-state index in [0.717, 1.165) is 18.5 Å². The van der Waals surface area contributed by atoms with Gasteiger partial charge < -0.3 is 20.2 Å². The lowest BCUT2D eigenvalue weighted by atomic mass is 9.99. The van der Waals surface area contributed by atoms with Crippen LogP contribution in [0.3, 0.4) is 0 Å². The molecular formula is C17H27N3O2. The van der Waals surface area contributed by atoms with Gasteiger partial charge >= 0.3 is 6.03 Å². The smallest absolute Gasteiger partial charge is 0.317 e. The lowest BCUT2D eigenvalue weighted by Gasteiger charge is -2.28. The highest BCUT2D eigenvalue weighted by atomic mass is 16.3. The number of aryl methyl sites for hydroxylation is 1. The molecule has 1 aromatic carbocycles. The van der Waals surface area contributed by atoms with E-state index < -0.39 is 5.60 Å². The second-order valence-corrected chi connectivity index (χ2v) is 6.82. The summed E-state index contributed by atoms with van der Waals surface area (Å²) < 4.78 is 0. The molecule has 0 saturated heterocycles. The molecule has 2 N–H and O–H groups in total. The van der Waals surface area contributed by atoms with E-state index in [1.165, 1.54) is 22.6 Å². The van der Waals surface area contributed by atoms with E-state index in [9.17, 15) is 9.90 Å². The molecule has 22 heavy (non-hydrogen) atoms. The van der Waals surface area contributed by atoms with Crippen molar-refractivity contribution in [1.29, 1.82) is 0 Å². The van der Waals surface area contributed by atoms with E-state index >= 15 is 0 Å². The number of hydrogen-bond acceptors (Lipinski definition) is 3. The Balaban J connectivity index is 1.93. The molecule has 1 aliphatic heterocycles. The monoisotopic (exact) mass is 305 g/mol. The van der Waals surface area contributed by atoms with Crippen LogP contribution in [-0.2, 0) is 13.0 Å². The highest BCUT2D eigenvalue weighted by molar-refractivity contribution is 5.74. The van der Waals surface area contributed by atoms with Crippen molar-refractivity contribution in [2.24, 2.45) is 0 Å². The highest BCUT2D eigenvalue weighted by Gasteiger charge is 2.19. The topological polar surface area (TPSA) is 55.8 Å². The summed E-state index contributed by atoms with van der Waals surface area (Å²) in [5, 5.41) is 12.7. The van der Waals surface area contributed by atoms with Crippen molar-refractivity contribution in [2.45, 2.75) is 38.8 Å². The van der Waals surface area contributed by atoms with Gasteiger partial charge in [0.1, 0.15) is 0 Å². The number of carbonyl (C=O) groups excluding carboxylic acids is 1. The zero-order chi connectivity index (χ0) is 16.3. The molecule has 0 spiro atoms. The Morgan fingerprint density at radius 2 is 2.18 bits per heavy atom. The van der Waals surface area contributed by atoms with Crippen LogP contribution in [0.2, 0.25) is 0 Å². The Bertz CT molecular complexity index is 537. The Morgan fingerprint density at radius 3 is 2.86 bits per heavy atom. The summed E-state index contributed by atoms with van der Waals surface area (Å²) in [4.78, 5) is 15.8. The van der Waals surface area contributed by atoms with Crippen molar-refractivity contribution < 1.29 is 9.90 Å². The number of fused-ring (bicyclic) bond motifs is 1. The van der Waals surface area contributed by atoms with Crippen LogP contribution in [0.5, 0.6) is 0 Å². The maximum absolute atomic E-state index is 12.0. The first-order chi connectivity index (χ1) is 10.3. The molecule has 0 fully saturated rings. The second-order valence-electron chi connectivity index (χ2n) is 6.82. The maximum atomic E-state index is 12.0. The molecule has 5 nitrogen and oxygen atoms in total. The van der Waals surface area contributed by atoms with E-state index in [1.807, 2.05) is 0 Å². The van der Waals surface area contributed by atoms with Gasteiger partial charge in [-0.15, -0.1) is 0 Å². The Kier molecular flexibility index (Phi) is 4.96. The number of likely N-dealkylation sites (N-methyl/N-ethyl adjacent to an activating group) is 1. The maximum Gasteiger partial charge on any atom is 0.317 e. The number of hydrogen-bond donors (Lipinski definition) is 2. The number of nitrogens with one attached hydrogen (secondary N) is 1. The first-order valence-corrected chi connectivity index (χ1v) is 7.80. The molecule has 2 rings (SSSR count). The Morgan fingerprint density at radius 1 is 1.45 bits per heavy atom.